The van der Waals surface area contributed by atoms with Crippen molar-refractivity contribution >= 4 is 6.03 Å². The van der Waals surface area contributed by atoms with Crippen molar-refractivity contribution in [3.63, 3.8) is 0 Å². The highest BCUT2D eigenvalue weighted by atomic mass is 16.5. The molecule has 1 fully saturated rings. The lowest BCUT2D eigenvalue weighted by molar-refractivity contribution is 0.177. The van der Waals surface area contributed by atoms with Gasteiger partial charge in [-0.1, -0.05) is 37.1 Å². The van der Waals surface area contributed by atoms with Gasteiger partial charge < -0.3 is 24.6 Å². The van der Waals surface area contributed by atoms with Crippen LogP contribution in [0.1, 0.15) is 54.0 Å². The molecule has 2 aromatic rings. The second-order valence-electron chi connectivity index (χ2n) is 9.10. The van der Waals surface area contributed by atoms with Gasteiger partial charge in [0.1, 0.15) is 0 Å². The molecule has 2 aromatic carbocycles. The summed E-state index contributed by atoms with van der Waals surface area (Å²) in [7, 11) is 3.32. The van der Waals surface area contributed by atoms with Crippen LogP contribution >= 0.6 is 0 Å². The fourth-order valence-electron chi connectivity index (χ4n) is 5.18. The van der Waals surface area contributed by atoms with E-state index in [9.17, 15) is 4.79 Å². The predicted molar refractivity (Wildman–Crippen MR) is 131 cm³/mol. The van der Waals surface area contributed by atoms with Crippen molar-refractivity contribution in [2.75, 3.05) is 46.9 Å². The second-order valence-corrected chi connectivity index (χ2v) is 9.10. The smallest absolute Gasteiger partial charge is 0.318 e. The minimum absolute atomic E-state index is 0.00138. The van der Waals surface area contributed by atoms with Gasteiger partial charge >= 0.3 is 6.03 Å². The molecule has 0 spiro atoms. The highest BCUT2D eigenvalue weighted by Gasteiger charge is 2.34. The number of amides is 2. The van der Waals surface area contributed by atoms with Gasteiger partial charge in [-0.2, -0.15) is 0 Å². The number of urea groups is 1. The molecule has 1 saturated heterocycles. The SMILES string of the molecule is COc1cc2c(cc1OC)C(c1ccccc1C)N(C(=O)NCCN1CCCCCC1)CC2. The number of carbonyl (C=O) groups excluding carboxylic acids is 1. The highest BCUT2D eigenvalue weighted by molar-refractivity contribution is 5.76. The maximum atomic E-state index is 13.4. The van der Waals surface area contributed by atoms with Crippen molar-refractivity contribution in [1.82, 2.24) is 15.1 Å². The van der Waals surface area contributed by atoms with Crippen LogP contribution in [0.2, 0.25) is 0 Å². The van der Waals surface area contributed by atoms with Gasteiger partial charge in [0.15, 0.2) is 11.5 Å². The Morgan fingerprint density at radius 2 is 1.67 bits per heavy atom. The van der Waals surface area contributed by atoms with E-state index >= 15 is 0 Å². The largest absolute Gasteiger partial charge is 0.493 e. The molecule has 0 aromatic heterocycles. The zero-order valence-electron chi connectivity index (χ0n) is 20.2. The first-order valence-electron chi connectivity index (χ1n) is 12.2. The highest BCUT2D eigenvalue weighted by Crippen LogP contribution is 2.41. The van der Waals surface area contributed by atoms with Crippen LogP contribution in [0.15, 0.2) is 36.4 Å². The van der Waals surface area contributed by atoms with E-state index in [0.29, 0.717) is 18.8 Å². The summed E-state index contributed by atoms with van der Waals surface area (Å²) in [5.74, 6) is 1.42. The first-order valence-corrected chi connectivity index (χ1v) is 12.2. The molecule has 6 heteroatoms. The molecular weight excluding hydrogens is 414 g/mol. The van der Waals surface area contributed by atoms with Gasteiger partial charge in [0, 0.05) is 19.6 Å². The number of nitrogens with one attached hydrogen (secondary N) is 1. The molecule has 0 saturated carbocycles. The molecule has 2 heterocycles. The lowest BCUT2D eigenvalue weighted by Crippen LogP contribution is -2.47. The number of fused-ring (bicyclic) bond motifs is 1. The number of benzene rings is 2. The van der Waals surface area contributed by atoms with Gasteiger partial charge in [-0.3, -0.25) is 0 Å². The maximum absolute atomic E-state index is 13.4. The Balaban J connectivity index is 1.58. The number of aryl methyl sites for hydroxylation is 1. The lowest BCUT2D eigenvalue weighted by Gasteiger charge is -2.39. The van der Waals surface area contributed by atoms with Crippen LogP contribution in [-0.4, -0.2) is 62.8 Å². The van der Waals surface area contributed by atoms with Crippen molar-refractivity contribution in [3.05, 3.63) is 58.7 Å². The van der Waals surface area contributed by atoms with E-state index in [-0.39, 0.29) is 12.1 Å². The summed E-state index contributed by atoms with van der Waals surface area (Å²) in [6.07, 6.45) is 5.96. The van der Waals surface area contributed by atoms with Crippen LogP contribution in [-0.2, 0) is 6.42 Å². The van der Waals surface area contributed by atoms with Crippen molar-refractivity contribution < 1.29 is 14.3 Å². The molecule has 0 aliphatic carbocycles. The van der Waals surface area contributed by atoms with Crippen molar-refractivity contribution in [1.29, 1.82) is 0 Å². The average Bonchev–Trinajstić information content (AvgIpc) is 3.11. The summed E-state index contributed by atoms with van der Waals surface area (Å²) in [5.41, 5.74) is 4.63. The van der Waals surface area contributed by atoms with Gasteiger partial charge in [-0.25, -0.2) is 4.79 Å². The quantitative estimate of drug-likeness (QED) is 0.700. The summed E-state index contributed by atoms with van der Waals surface area (Å²) in [4.78, 5) is 17.9. The Hall–Kier alpha value is -2.73. The Kier molecular flexibility index (Phi) is 7.76. The first-order chi connectivity index (χ1) is 16.1. The first kappa shape index (κ1) is 23.4. The Morgan fingerprint density at radius 3 is 2.36 bits per heavy atom. The third kappa shape index (κ3) is 5.27. The van der Waals surface area contributed by atoms with Crippen LogP contribution in [0.4, 0.5) is 4.79 Å². The number of nitrogens with zero attached hydrogens (tertiary/aromatic N) is 2. The number of rotatable bonds is 6. The molecule has 1 atom stereocenters. The Bertz CT molecular complexity index is 954. The van der Waals surface area contributed by atoms with E-state index < -0.39 is 0 Å². The second kappa shape index (κ2) is 10.9. The Morgan fingerprint density at radius 1 is 0.970 bits per heavy atom. The summed E-state index contributed by atoms with van der Waals surface area (Å²) >= 11 is 0. The molecule has 33 heavy (non-hydrogen) atoms. The number of carbonyl (C=O) groups is 1. The third-order valence-corrected chi connectivity index (χ3v) is 7.02. The number of ether oxygens (including phenoxy) is 2. The number of likely N-dealkylation sites (tertiary alicyclic amines) is 1. The molecule has 4 rings (SSSR count). The van der Waals surface area contributed by atoms with Crippen molar-refractivity contribution in [2.24, 2.45) is 0 Å². The number of hydrogen-bond acceptors (Lipinski definition) is 4. The van der Waals surface area contributed by atoms with Crippen LogP contribution in [0.25, 0.3) is 0 Å². The minimum atomic E-state index is -0.159. The molecular formula is C27H37N3O3. The lowest BCUT2D eigenvalue weighted by atomic mass is 9.86. The van der Waals surface area contributed by atoms with Crippen LogP contribution in [0.5, 0.6) is 11.5 Å². The molecule has 178 valence electrons. The molecule has 2 amide bonds. The molecule has 0 bridgehead atoms. The fourth-order valence-corrected chi connectivity index (χ4v) is 5.18. The van der Waals surface area contributed by atoms with Gasteiger partial charge in [0.25, 0.3) is 0 Å². The molecule has 6 nitrogen and oxygen atoms in total. The molecule has 2 aliphatic heterocycles. The molecule has 1 N–H and O–H groups in total. The van der Waals surface area contributed by atoms with Gasteiger partial charge in [-0.05, 0) is 73.7 Å². The summed E-state index contributed by atoms with van der Waals surface area (Å²) in [5, 5.41) is 3.21. The standard InChI is InChI=1S/C27H37N3O3/c1-20-10-6-7-11-22(20)26-23-19-25(33-3)24(32-2)18-21(23)12-16-30(26)27(31)28-13-17-29-14-8-4-5-9-15-29/h6-7,10-11,18-19,26H,4-5,8-9,12-17H2,1-3H3,(H,28,31). The monoisotopic (exact) mass is 451 g/mol. The van der Waals surface area contributed by atoms with Gasteiger partial charge in [-0.15, -0.1) is 0 Å². The fraction of sp³-hybridized carbons (Fsp3) is 0.519. The zero-order valence-corrected chi connectivity index (χ0v) is 20.2. The van der Waals surface area contributed by atoms with Gasteiger partial charge in [0.05, 0.1) is 20.3 Å². The number of methoxy groups -OCH3 is 2. The van der Waals surface area contributed by atoms with Crippen LogP contribution in [0, 0.1) is 6.92 Å². The zero-order chi connectivity index (χ0) is 23.2. The van der Waals surface area contributed by atoms with Gasteiger partial charge in [0.2, 0.25) is 0 Å². The maximum Gasteiger partial charge on any atom is 0.318 e. The summed E-state index contributed by atoms with van der Waals surface area (Å²) in [6, 6.07) is 12.3. The summed E-state index contributed by atoms with van der Waals surface area (Å²) < 4.78 is 11.1. The minimum Gasteiger partial charge on any atom is -0.493 e. The number of hydrogen-bond donors (Lipinski definition) is 1. The Labute approximate surface area is 197 Å². The van der Waals surface area contributed by atoms with E-state index in [1.54, 1.807) is 14.2 Å². The van der Waals surface area contributed by atoms with E-state index in [2.05, 4.69) is 35.3 Å². The average molecular weight is 452 g/mol. The molecule has 2 aliphatic rings. The normalized spacial score (nSPS) is 18.9. The topological polar surface area (TPSA) is 54.0 Å². The van der Waals surface area contributed by atoms with Crippen molar-refractivity contribution in [2.45, 2.75) is 45.1 Å². The van der Waals surface area contributed by atoms with E-state index in [1.165, 1.54) is 36.8 Å². The van der Waals surface area contributed by atoms with Crippen LogP contribution in [0.3, 0.4) is 0 Å². The van der Waals surface area contributed by atoms with Crippen molar-refractivity contribution in [3.8, 4) is 11.5 Å². The third-order valence-electron chi connectivity index (χ3n) is 7.02. The van der Waals surface area contributed by atoms with E-state index in [1.807, 2.05) is 23.1 Å². The molecule has 0 radical (unpaired) electrons. The van der Waals surface area contributed by atoms with Crippen LogP contribution < -0.4 is 14.8 Å². The predicted octanol–water partition coefficient (Wildman–Crippen LogP) is 4.55. The van der Waals surface area contributed by atoms with E-state index in [4.69, 9.17) is 9.47 Å². The summed E-state index contributed by atoms with van der Waals surface area (Å²) in [6.45, 7) is 6.64. The van der Waals surface area contributed by atoms with E-state index in [0.717, 1.165) is 42.9 Å². The molecule has 1 unspecified atom stereocenters.